The summed E-state index contributed by atoms with van der Waals surface area (Å²) >= 11 is 0. The van der Waals surface area contributed by atoms with Gasteiger partial charge in [-0.05, 0) is 60.5 Å². The highest BCUT2D eigenvalue weighted by Crippen LogP contribution is 2.31. The summed E-state index contributed by atoms with van der Waals surface area (Å²) < 4.78 is 19.6. The van der Waals surface area contributed by atoms with Crippen LogP contribution in [0, 0.1) is 12.7 Å². The summed E-state index contributed by atoms with van der Waals surface area (Å²) in [5, 5.41) is 3.26. The van der Waals surface area contributed by atoms with Crippen molar-refractivity contribution in [3.05, 3.63) is 77.6 Å². The number of nitrogens with zero attached hydrogens (tertiary/aromatic N) is 1. The van der Waals surface area contributed by atoms with E-state index in [0.717, 1.165) is 22.5 Å². The number of nitrogen functional groups attached to an aromatic ring is 1. The van der Waals surface area contributed by atoms with Gasteiger partial charge in [-0.3, -0.25) is 4.79 Å². The van der Waals surface area contributed by atoms with Gasteiger partial charge in [-0.2, -0.15) is 0 Å². The first-order chi connectivity index (χ1) is 14.5. The zero-order valence-corrected chi connectivity index (χ0v) is 16.8. The number of anilines is 3. The summed E-state index contributed by atoms with van der Waals surface area (Å²) in [5.74, 6) is -0.260. The van der Waals surface area contributed by atoms with E-state index in [4.69, 9.17) is 10.5 Å². The maximum absolute atomic E-state index is 14.3. The second-order valence-electron chi connectivity index (χ2n) is 7.39. The van der Waals surface area contributed by atoms with Crippen LogP contribution in [0.3, 0.4) is 0 Å². The molecule has 0 atom stereocenters. The molecule has 0 radical (unpaired) electrons. The molecule has 0 aromatic heterocycles. The van der Waals surface area contributed by atoms with E-state index in [9.17, 15) is 9.18 Å². The number of carbonyl (C=O) groups is 1. The highest BCUT2D eigenvalue weighted by molar-refractivity contribution is 5.94. The van der Waals surface area contributed by atoms with Crippen LogP contribution in [-0.2, 0) is 4.74 Å². The predicted molar refractivity (Wildman–Crippen MR) is 117 cm³/mol. The van der Waals surface area contributed by atoms with E-state index in [1.807, 2.05) is 37.3 Å². The minimum absolute atomic E-state index is 0.00819. The molecule has 1 aliphatic rings. The molecule has 3 aromatic carbocycles. The van der Waals surface area contributed by atoms with Crippen molar-refractivity contribution in [3.8, 4) is 11.1 Å². The average molecular weight is 405 g/mol. The van der Waals surface area contributed by atoms with Crippen LogP contribution in [0.1, 0.15) is 15.9 Å². The van der Waals surface area contributed by atoms with Gasteiger partial charge in [0.2, 0.25) is 0 Å². The van der Waals surface area contributed by atoms with Crippen LogP contribution in [0.15, 0.2) is 60.7 Å². The van der Waals surface area contributed by atoms with Gasteiger partial charge in [0.1, 0.15) is 5.82 Å². The number of nitrogens with one attached hydrogen (secondary N) is 1. The molecule has 1 saturated heterocycles. The fourth-order valence-corrected chi connectivity index (χ4v) is 3.50. The van der Waals surface area contributed by atoms with Crippen molar-refractivity contribution in [1.82, 2.24) is 4.90 Å². The molecular weight excluding hydrogens is 381 g/mol. The maximum Gasteiger partial charge on any atom is 0.254 e. The fourth-order valence-electron chi connectivity index (χ4n) is 3.50. The number of amides is 1. The maximum atomic E-state index is 14.3. The van der Waals surface area contributed by atoms with Gasteiger partial charge < -0.3 is 20.7 Å². The van der Waals surface area contributed by atoms with Crippen molar-refractivity contribution in [3.63, 3.8) is 0 Å². The second-order valence-corrected chi connectivity index (χ2v) is 7.39. The zero-order valence-electron chi connectivity index (χ0n) is 16.8. The Bertz CT molecular complexity index is 1060. The number of halogens is 1. The van der Waals surface area contributed by atoms with Crippen LogP contribution in [-0.4, -0.2) is 37.1 Å². The summed E-state index contributed by atoms with van der Waals surface area (Å²) in [6.45, 7) is 4.24. The molecule has 4 rings (SSSR count). The molecule has 1 aliphatic heterocycles. The van der Waals surface area contributed by atoms with Gasteiger partial charge in [-0.15, -0.1) is 0 Å². The number of rotatable bonds is 4. The summed E-state index contributed by atoms with van der Waals surface area (Å²) in [6, 6.07) is 17.9. The lowest BCUT2D eigenvalue weighted by Crippen LogP contribution is -2.40. The molecule has 0 bridgehead atoms. The monoisotopic (exact) mass is 405 g/mol. The lowest BCUT2D eigenvalue weighted by Gasteiger charge is -2.26. The first kappa shape index (κ1) is 19.9. The van der Waals surface area contributed by atoms with Gasteiger partial charge in [0.05, 0.1) is 24.6 Å². The fraction of sp³-hybridized carbons (Fsp3) is 0.208. The molecule has 0 aliphatic carbocycles. The highest BCUT2D eigenvalue weighted by atomic mass is 19.1. The van der Waals surface area contributed by atoms with Crippen LogP contribution in [0.5, 0.6) is 0 Å². The molecule has 3 aromatic rings. The van der Waals surface area contributed by atoms with E-state index in [1.54, 1.807) is 29.2 Å². The predicted octanol–water partition coefficient (Wildman–Crippen LogP) is 4.60. The van der Waals surface area contributed by atoms with Crippen LogP contribution in [0.2, 0.25) is 0 Å². The molecule has 6 heteroatoms. The van der Waals surface area contributed by atoms with Crippen molar-refractivity contribution >= 4 is 23.0 Å². The Morgan fingerprint density at radius 1 is 1.03 bits per heavy atom. The van der Waals surface area contributed by atoms with E-state index in [2.05, 4.69) is 5.32 Å². The van der Waals surface area contributed by atoms with Crippen LogP contribution < -0.4 is 11.1 Å². The van der Waals surface area contributed by atoms with E-state index < -0.39 is 0 Å². The minimum Gasteiger partial charge on any atom is -0.397 e. The van der Waals surface area contributed by atoms with Crippen molar-refractivity contribution in [1.29, 1.82) is 0 Å². The average Bonchev–Trinajstić information content (AvgIpc) is 2.76. The molecule has 30 heavy (non-hydrogen) atoms. The summed E-state index contributed by atoms with van der Waals surface area (Å²) in [6.07, 6.45) is 0. The number of hydrogen-bond acceptors (Lipinski definition) is 4. The number of nitrogens with two attached hydrogens (primary N) is 1. The quantitative estimate of drug-likeness (QED) is 0.623. The van der Waals surface area contributed by atoms with Gasteiger partial charge in [-0.25, -0.2) is 4.39 Å². The first-order valence-electron chi connectivity index (χ1n) is 9.91. The third kappa shape index (κ3) is 4.28. The molecule has 1 fully saturated rings. The lowest BCUT2D eigenvalue weighted by atomic mass is 10.0. The zero-order chi connectivity index (χ0) is 21.1. The third-order valence-electron chi connectivity index (χ3n) is 5.20. The summed E-state index contributed by atoms with van der Waals surface area (Å²) in [5.41, 5.74) is 11.0. The Morgan fingerprint density at radius 2 is 1.77 bits per heavy atom. The summed E-state index contributed by atoms with van der Waals surface area (Å²) in [4.78, 5) is 14.3. The largest absolute Gasteiger partial charge is 0.397 e. The van der Waals surface area contributed by atoms with Crippen LogP contribution in [0.25, 0.3) is 11.1 Å². The van der Waals surface area contributed by atoms with Crippen LogP contribution >= 0.6 is 0 Å². The molecule has 0 saturated carbocycles. The van der Waals surface area contributed by atoms with E-state index in [0.29, 0.717) is 43.1 Å². The Labute approximate surface area is 175 Å². The molecule has 0 unspecified atom stereocenters. The number of carbonyl (C=O) groups excluding carboxylic acids is 1. The molecule has 154 valence electrons. The molecular formula is C24H24FN3O2. The minimum atomic E-state index is -0.268. The lowest BCUT2D eigenvalue weighted by molar-refractivity contribution is 0.0303. The number of benzene rings is 3. The first-order valence-corrected chi connectivity index (χ1v) is 9.91. The van der Waals surface area contributed by atoms with Crippen molar-refractivity contribution < 1.29 is 13.9 Å². The Balaban J connectivity index is 1.48. The normalized spacial score (nSPS) is 13.9. The Morgan fingerprint density at radius 3 is 2.43 bits per heavy atom. The van der Waals surface area contributed by atoms with Gasteiger partial charge in [0, 0.05) is 29.9 Å². The number of hydrogen-bond donors (Lipinski definition) is 2. The highest BCUT2D eigenvalue weighted by Gasteiger charge is 2.18. The van der Waals surface area contributed by atoms with Crippen molar-refractivity contribution in [2.24, 2.45) is 0 Å². The molecule has 5 nitrogen and oxygen atoms in total. The molecule has 3 N–H and O–H groups in total. The van der Waals surface area contributed by atoms with Crippen LogP contribution in [0.4, 0.5) is 21.5 Å². The van der Waals surface area contributed by atoms with Gasteiger partial charge in [-0.1, -0.05) is 18.2 Å². The van der Waals surface area contributed by atoms with E-state index >= 15 is 0 Å². The smallest absolute Gasteiger partial charge is 0.254 e. The SMILES string of the molecule is Cc1ccc(-c2ccc(Nc3ccc(C(=O)N4CCOCC4)cc3)c(N)c2)c(F)c1. The number of aryl methyl sites for hydroxylation is 1. The second kappa shape index (κ2) is 8.55. The molecule has 1 heterocycles. The Hall–Kier alpha value is -3.38. The third-order valence-corrected chi connectivity index (χ3v) is 5.20. The van der Waals surface area contributed by atoms with E-state index in [-0.39, 0.29) is 11.7 Å². The summed E-state index contributed by atoms with van der Waals surface area (Å²) in [7, 11) is 0. The Kier molecular flexibility index (Phi) is 5.68. The molecule has 1 amide bonds. The van der Waals surface area contributed by atoms with Gasteiger partial charge in [0.15, 0.2) is 0 Å². The van der Waals surface area contributed by atoms with Gasteiger partial charge in [0.25, 0.3) is 5.91 Å². The number of ether oxygens (including phenoxy) is 1. The van der Waals surface area contributed by atoms with Crippen molar-refractivity contribution in [2.45, 2.75) is 6.92 Å². The molecule has 0 spiro atoms. The number of morpholine rings is 1. The van der Waals surface area contributed by atoms with Crippen molar-refractivity contribution in [2.75, 3.05) is 37.4 Å². The topological polar surface area (TPSA) is 67.6 Å². The van der Waals surface area contributed by atoms with Gasteiger partial charge >= 0.3 is 0 Å². The van der Waals surface area contributed by atoms with E-state index in [1.165, 1.54) is 6.07 Å². The standard InChI is InChI=1S/C24H24FN3O2/c1-16-2-8-20(21(25)14-16)18-5-9-23(22(26)15-18)27-19-6-3-17(4-7-19)24(29)28-10-12-30-13-11-28/h2-9,14-15,27H,10-13,26H2,1H3.